The maximum absolute atomic E-state index is 12.9. The fourth-order valence-electron chi connectivity index (χ4n) is 5.98. The topological polar surface area (TPSA) is 153 Å². The molecule has 10 nitrogen and oxygen atoms in total. The second-order valence-corrected chi connectivity index (χ2v) is 13.8. The van der Waals surface area contributed by atoms with Crippen molar-refractivity contribution >= 4 is 29.1 Å². The van der Waals surface area contributed by atoms with E-state index in [9.17, 15) is 25.2 Å². The summed E-state index contributed by atoms with van der Waals surface area (Å²) >= 11 is 13.5. The normalized spacial score (nSPS) is 17.6. The molecule has 5 rings (SSSR count). The van der Waals surface area contributed by atoms with Crippen LogP contribution in [0.4, 0.5) is 0 Å². The van der Waals surface area contributed by atoms with Crippen LogP contribution < -0.4 is 4.74 Å². The number of benzene rings is 2. The zero-order valence-corrected chi connectivity index (χ0v) is 29.2. The number of para-hydroxylation sites is 1. The summed E-state index contributed by atoms with van der Waals surface area (Å²) in [5.74, 6) is 0.112. The Kier molecular flexibility index (Phi) is 12.9. The van der Waals surface area contributed by atoms with Crippen LogP contribution in [0.25, 0.3) is 11.1 Å². The molecule has 49 heavy (non-hydrogen) atoms. The monoisotopic (exact) mass is 716 g/mol. The molecule has 0 bridgehead atoms. The Morgan fingerprint density at radius 2 is 1.69 bits per heavy atom. The lowest BCUT2D eigenvalue weighted by molar-refractivity contribution is -0.158. The van der Waals surface area contributed by atoms with Crippen molar-refractivity contribution in [2.75, 3.05) is 19.7 Å². The predicted octanol–water partition coefficient (Wildman–Crippen LogP) is 4.80. The van der Waals surface area contributed by atoms with Crippen molar-refractivity contribution in [1.29, 1.82) is 0 Å². The molecule has 5 N–H and O–H groups in total. The number of carbonyl (C=O) groups excluding carboxylic acids is 1. The molecule has 0 radical (unpaired) electrons. The molecule has 0 saturated heterocycles. The van der Waals surface area contributed by atoms with Crippen LogP contribution >= 0.6 is 23.2 Å². The minimum absolute atomic E-state index is 0.277. The molecule has 2 aliphatic rings. The third-order valence-electron chi connectivity index (χ3n) is 9.17. The van der Waals surface area contributed by atoms with Crippen LogP contribution in [0.15, 0.2) is 54.9 Å². The predicted molar refractivity (Wildman–Crippen MR) is 186 cm³/mol. The summed E-state index contributed by atoms with van der Waals surface area (Å²) in [5, 5.41) is 50.1. The van der Waals surface area contributed by atoms with Crippen LogP contribution in [0, 0.1) is 0 Å². The van der Waals surface area contributed by atoms with Crippen molar-refractivity contribution in [2.24, 2.45) is 0 Å². The molecule has 0 aliphatic heterocycles. The van der Waals surface area contributed by atoms with Crippen molar-refractivity contribution in [2.45, 2.75) is 101 Å². The van der Waals surface area contributed by atoms with Crippen molar-refractivity contribution in [1.82, 2.24) is 9.88 Å². The van der Waals surface area contributed by atoms with Crippen LogP contribution in [0.1, 0.15) is 68.6 Å². The first-order valence-corrected chi connectivity index (χ1v) is 17.8. The highest BCUT2D eigenvalue weighted by atomic mass is 35.5. The summed E-state index contributed by atoms with van der Waals surface area (Å²) in [5.41, 5.74) is 4.27. The van der Waals surface area contributed by atoms with Crippen molar-refractivity contribution in [3.05, 3.63) is 81.6 Å². The summed E-state index contributed by atoms with van der Waals surface area (Å²) in [4.78, 5) is 18.7. The van der Waals surface area contributed by atoms with Gasteiger partial charge < -0.3 is 39.9 Å². The average molecular weight is 718 g/mol. The minimum Gasteiger partial charge on any atom is -0.490 e. The fraction of sp³-hybridized carbons (Fsp3) is 0.514. The molecule has 266 valence electrons. The van der Waals surface area contributed by atoms with Gasteiger partial charge in [-0.15, -0.1) is 0 Å². The number of ether oxygens (including phenoxy) is 2. The van der Waals surface area contributed by atoms with Gasteiger partial charge in [0.25, 0.3) is 5.91 Å². The Bertz CT molecular complexity index is 1570. The molecule has 2 aromatic carbocycles. The molecule has 12 heteroatoms. The number of aliphatic hydroxyl groups excluding tert-OH is 5. The van der Waals surface area contributed by atoms with E-state index in [4.69, 9.17) is 37.8 Å². The molecule has 1 heterocycles. The van der Waals surface area contributed by atoms with Gasteiger partial charge in [-0.25, -0.2) is 0 Å². The van der Waals surface area contributed by atoms with Crippen molar-refractivity contribution in [3.63, 3.8) is 0 Å². The van der Waals surface area contributed by atoms with E-state index in [-0.39, 0.29) is 12.7 Å². The standard InChI is InChI=1S/C37H46Cl2N2O8/c1-2-16-41(36(47)35(46)34(45)33(44)31(43)21-42)17-6-5-7-23-18-30(39)24(19-29(23)38)22-48-37(13-14-37)28-20-40-15-12-26(28)27-8-3-4-9-32(27)49-25-10-11-25/h3-4,8-9,12,15,18-20,25,31,33-35,42-46H,2,5-7,10-11,13-14,16-17,21-22H2,1H3/t31-,33+,34-,35-/m0/s1. The minimum atomic E-state index is -1.94. The third kappa shape index (κ3) is 9.31. The zero-order valence-electron chi connectivity index (χ0n) is 27.7. The molecule has 2 aliphatic carbocycles. The number of hydrogen-bond acceptors (Lipinski definition) is 9. The first kappa shape index (κ1) is 37.5. The van der Waals surface area contributed by atoms with Crippen LogP contribution in [0.3, 0.4) is 0 Å². The number of rotatable bonds is 19. The van der Waals surface area contributed by atoms with E-state index >= 15 is 0 Å². The Hall–Kier alpha value is -2.80. The number of nitrogens with zero attached hydrogens (tertiary/aromatic N) is 2. The van der Waals surface area contributed by atoms with E-state index < -0.39 is 42.5 Å². The quantitative estimate of drug-likeness (QED) is 0.110. The highest BCUT2D eigenvalue weighted by Gasteiger charge is 2.48. The Morgan fingerprint density at radius 3 is 2.39 bits per heavy atom. The van der Waals surface area contributed by atoms with Gasteiger partial charge in [0.1, 0.15) is 24.1 Å². The number of hydrogen-bond donors (Lipinski definition) is 5. The fourth-order valence-corrected chi connectivity index (χ4v) is 6.50. The first-order valence-electron chi connectivity index (χ1n) is 17.0. The molecular formula is C37H46Cl2N2O8. The molecule has 2 saturated carbocycles. The Balaban J connectivity index is 1.18. The van der Waals surface area contributed by atoms with Gasteiger partial charge in [0, 0.05) is 46.7 Å². The number of aromatic nitrogens is 1. The zero-order chi connectivity index (χ0) is 35.1. The number of aryl methyl sites for hydroxylation is 1. The highest BCUT2D eigenvalue weighted by Crippen LogP contribution is 2.53. The average Bonchev–Trinajstić information content (AvgIpc) is 4.06. The summed E-state index contributed by atoms with van der Waals surface area (Å²) in [6, 6.07) is 13.8. The number of carbonyl (C=O) groups is 1. The smallest absolute Gasteiger partial charge is 0.254 e. The highest BCUT2D eigenvalue weighted by molar-refractivity contribution is 6.34. The molecule has 0 spiro atoms. The van der Waals surface area contributed by atoms with E-state index in [2.05, 4.69) is 11.1 Å². The van der Waals surface area contributed by atoms with Gasteiger partial charge in [-0.3, -0.25) is 9.78 Å². The SMILES string of the molecule is CCCN(CCCCc1cc(Cl)c(COC2(c3cnccc3-c3ccccc3OC3CC3)CC2)cc1Cl)C(=O)[C@@H](O)[C@@H](O)[C@H](O)[C@@H](O)CO. The van der Waals surface area contributed by atoms with Gasteiger partial charge in [0.05, 0.1) is 24.9 Å². The largest absolute Gasteiger partial charge is 0.490 e. The molecular weight excluding hydrogens is 671 g/mol. The van der Waals surface area contributed by atoms with Crippen LogP contribution in [0.5, 0.6) is 5.75 Å². The van der Waals surface area contributed by atoms with Crippen molar-refractivity contribution in [3.8, 4) is 16.9 Å². The first-order chi connectivity index (χ1) is 23.6. The second kappa shape index (κ2) is 16.9. The molecule has 4 atom stereocenters. The number of aliphatic hydroxyl groups is 5. The number of amides is 1. The van der Waals surface area contributed by atoms with Crippen LogP contribution in [0.2, 0.25) is 10.0 Å². The van der Waals surface area contributed by atoms with Gasteiger partial charge >= 0.3 is 0 Å². The summed E-state index contributed by atoms with van der Waals surface area (Å²) < 4.78 is 12.8. The van der Waals surface area contributed by atoms with Gasteiger partial charge in [-0.2, -0.15) is 0 Å². The number of halogens is 2. The molecule has 0 unspecified atom stereocenters. The van der Waals surface area contributed by atoms with E-state index in [0.29, 0.717) is 48.8 Å². The molecule has 2 fully saturated rings. The van der Waals surface area contributed by atoms with Gasteiger partial charge in [-0.05, 0) is 92.3 Å². The summed E-state index contributed by atoms with van der Waals surface area (Å²) in [7, 11) is 0. The molecule has 1 amide bonds. The number of pyridine rings is 1. The summed E-state index contributed by atoms with van der Waals surface area (Å²) in [6.07, 6.45) is 2.87. The van der Waals surface area contributed by atoms with E-state index in [1.54, 1.807) is 6.20 Å². The van der Waals surface area contributed by atoms with E-state index in [1.165, 1.54) is 4.90 Å². The lowest BCUT2D eigenvalue weighted by Gasteiger charge is -2.30. The number of unbranched alkanes of at least 4 members (excludes halogenated alkanes) is 1. The Morgan fingerprint density at radius 1 is 0.980 bits per heavy atom. The van der Waals surface area contributed by atoms with Crippen LogP contribution in [-0.2, 0) is 28.2 Å². The third-order valence-corrected chi connectivity index (χ3v) is 9.87. The van der Waals surface area contributed by atoms with Gasteiger partial charge in [-0.1, -0.05) is 48.3 Å². The lowest BCUT2D eigenvalue weighted by atomic mass is 9.96. The summed E-state index contributed by atoms with van der Waals surface area (Å²) in [6.45, 7) is 1.98. The maximum Gasteiger partial charge on any atom is 0.254 e. The lowest BCUT2D eigenvalue weighted by Crippen LogP contribution is -2.52. The molecule has 1 aromatic heterocycles. The second-order valence-electron chi connectivity index (χ2n) is 13.0. The van der Waals surface area contributed by atoms with E-state index in [0.717, 1.165) is 59.3 Å². The van der Waals surface area contributed by atoms with E-state index in [1.807, 2.05) is 49.5 Å². The van der Waals surface area contributed by atoms with Gasteiger partial charge in [0.15, 0.2) is 6.10 Å². The molecule has 3 aromatic rings. The van der Waals surface area contributed by atoms with Crippen molar-refractivity contribution < 1.29 is 39.8 Å². The maximum atomic E-state index is 12.9. The van der Waals surface area contributed by atoms with Crippen LogP contribution in [-0.4, -0.2) is 91.5 Å². The van der Waals surface area contributed by atoms with Gasteiger partial charge in [0.2, 0.25) is 0 Å². The Labute approximate surface area is 297 Å².